The van der Waals surface area contributed by atoms with Gasteiger partial charge in [0.2, 0.25) is 0 Å². The maximum atomic E-state index is 12.0. The average molecular weight is 261 g/mol. The van der Waals surface area contributed by atoms with E-state index in [2.05, 4.69) is 11.1 Å². The van der Waals surface area contributed by atoms with Gasteiger partial charge in [0.05, 0.1) is 11.6 Å². The Hall–Kier alpha value is -2.93. The molecule has 0 aliphatic rings. The summed E-state index contributed by atoms with van der Waals surface area (Å²) in [6, 6.07) is 14.7. The summed E-state index contributed by atoms with van der Waals surface area (Å²) in [5.41, 5.74) is 2.74. The first kappa shape index (κ1) is 12.1. The number of nitriles is 1. The lowest BCUT2D eigenvalue weighted by atomic mass is 10.0. The zero-order chi connectivity index (χ0) is 14.1. The Morgan fingerprint density at radius 2 is 2.05 bits per heavy atom. The fourth-order valence-electron chi connectivity index (χ4n) is 2.27. The molecule has 2 heterocycles. The molecule has 4 nitrogen and oxygen atoms in total. The summed E-state index contributed by atoms with van der Waals surface area (Å²) in [6.45, 7) is 0. The van der Waals surface area contributed by atoms with E-state index in [9.17, 15) is 4.79 Å². The first-order chi connectivity index (χ1) is 9.70. The molecule has 3 aromatic rings. The zero-order valence-electron chi connectivity index (χ0n) is 10.9. The normalized spacial score (nSPS) is 10.4. The van der Waals surface area contributed by atoms with Gasteiger partial charge in [0.15, 0.2) is 0 Å². The van der Waals surface area contributed by atoms with Crippen LogP contribution in [0.3, 0.4) is 0 Å². The molecule has 2 aromatic heterocycles. The Bertz CT molecular complexity index is 903. The van der Waals surface area contributed by atoms with Crippen LogP contribution in [0, 0.1) is 11.3 Å². The summed E-state index contributed by atoms with van der Waals surface area (Å²) in [7, 11) is 1.70. The van der Waals surface area contributed by atoms with E-state index in [0.29, 0.717) is 11.2 Å². The summed E-state index contributed by atoms with van der Waals surface area (Å²) in [4.78, 5) is 16.3. The monoisotopic (exact) mass is 261 g/mol. The van der Waals surface area contributed by atoms with E-state index in [1.54, 1.807) is 31.4 Å². The molecule has 0 fully saturated rings. The molecular weight excluding hydrogens is 250 g/mol. The van der Waals surface area contributed by atoms with Crippen molar-refractivity contribution >= 4 is 11.0 Å². The largest absolute Gasteiger partial charge is 0.296 e. The van der Waals surface area contributed by atoms with E-state index in [-0.39, 0.29) is 5.56 Å². The predicted molar refractivity (Wildman–Crippen MR) is 77.1 cm³/mol. The molecule has 3 rings (SSSR count). The van der Waals surface area contributed by atoms with E-state index in [0.717, 1.165) is 16.5 Å². The third kappa shape index (κ3) is 1.86. The van der Waals surface area contributed by atoms with E-state index in [1.807, 2.05) is 24.3 Å². The van der Waals surface area contributed by atoms with Crippen molar-refractivity contribution in [3.8, 4) is 17.2 Å². The number of aryl methyl sites for hydroxylation is 1. The molecule has 1 aromatic carbocycles. The second kappa shape index (κ2) is 4.63. The maximum absolute atomic E-state index is 12.0. The Labute approximate surface area is 115 Å². The lowest BCUT2D eigenvalue weighted by molar-refractivity contribution is 0.888. The van der Waals surface area contributed by atoms with E-state index < -0.39 is 0 Å². The molecule has 0 unspecified atom stereocenters. The molecule has 0 spiro atoms. The van der Waals surface area contributed by atoms with Crippen molar-refractivity contribution in [2.75, 3.05) is 0 Å². The quantitative estimate of drug-likeness (QED) is 0.676. The van der Waals surface area contributed by atoms with Crippen LogP contribution < -0.4 is 5.56 Å². The summed E-state index contributed by atoms with van der Waals surface area (Å²) in [5.74, 6) is 0. The first-order valence-corrected chi connectivity index (χ1v) is 6.16. The van der Waals surface area contributed by atoms with Crippen LogP contribution in [0.1, 0.15) is 5.56 Å². The number of hydrogen-bond acceptors (Lipinski definition) is 3. The van der Waals surface area contributed by atoms with Gasteiger partial charge in [-0.1, -0.05) is 12.1 Å². The molecule has 0 saturated carbocycles. The highest BCUT2D eigenvalue weighted by molar-refractivity contribution is 5.92. The topological polar surface area (TPSA) is 58.7 Å². The minimum Gasteiger partial charge on any atom is -0.296 e. The molecule has 0 saturated heterocycles. The molecule has 0 bridgehead atoms. The van der Waals surface area contributed by atoms with E-state index >= 15 is 0 Å². The number of nitrogens with zero attached hydrogens (tertiary/aromatic N) is 3. The van der Waals surface area contributed by atoms with Gasteiger partial charge in [-0.3, -0.25) is 9.36 Å². The van der Waals surface area contributed by atoms with Crippen molar-refractivity contribution < 1.29 is 0 Å². The van der Waals surface area contributed by atoms with Crippen molar-refractivity contribution in [1.29, 1.82) is 5.26 Å². The minimum atomic E-state index is -0.117. The van der Waals surface area contributed by atoms with E-state index in [4.69, 9.17) is 5.26 Å². The molecule has 0 N–H and O–H groups in total. The third-order valence-electron chi connectivity index (χ3n) is 3.30. The molecule has 0 aliphatic carbocycles. The summed E-state index contributed by atoms with van der Waals surface area (Å²) < 4.78 is 1.52. The van der Waals surface area contributed by atoms with Gasteiger partial charge in [-0.05, 0) is 35.4 Å². The van der Waals surface area contributed by atoms with Gasteiger partial charge in [-0.15, -0.1) is 0 Å². The standard InChI is InChI=1S/C16H11N3O/c1-19-15(20)9-14(13-6-3-7-18-16(13)19)12-5-2-4-11(8-12)10-17/h2-9H,1H3. The molecule has 4 heteroatoms. The second-order valence-electron chi connectivity index (χ2n) is 4.52. The van der Waals surface area contributed by atoms with Crippen LogP contribution >= 0.6 is 0 Å². The van der Waals surface area contributed by atoms with Gasteiger partial charge in [0.1, 0.15) is 5.65 Å². The molecule has 20 heavy (non-hydrogen) atoms. The van der Waals surface area contributed by atoms with Crippen LogP contribution in [0.4, 0.5) is 0 Å². The van der Waals surface area contributed by atoms with Gasteiger partial charge >= 0.3 is 0 Å². The number of aromatic nitrogens is 2. The van der Waals surface area contributed by atoms with Crippen molar-refractivity contribution in [3.63, 3.8) is 0 Å². The molecule has 96 valence electrons. The number of fused-ring (bicyclic) bond motifs is 1. The third-order valence-corrected chi connectivity index (χ3v) is 3.30. The summed E-state index contributed by atoms with van der Waals surface area (Å²) in [5, 5.41) is 9.89. The lowest BCUT2D eigenvalue weighted by Crippen LogP contribution is -2.17. The Morgan fingerprint density at radius 1 is 1.20 bits per heavy atom. The summed E-state index contributed by atoms with van der Waals surface area (Å²) in [6.07, 6.45) is 1.66. The lowest BCUT2D eigenvalue weighted by Gasteiger charge is -2.09. The van der Waals surface area contributed by atoms with E-state index in [1.165, 1.54) is 4.57 Å². The minimum absolute atomic E-state index is 0.117. The molecular formula is C16H11N3O. The van der Waals surface area contributed by atoms with Crippen LogP contribution in [0.15, 0.2) is 53.5 Å². The van der Waals surface area contributed by atoms with Crippen molar-refractivity contribution in [3.05, 3.63) is 64.6 Å². The SMILES string of the molecule is Cn1c(=O)cc(-c2cccc(C#N)c2)c2cccnc21. The highest BCUT2D eigenvalue weighted by Crippen LogP contribution is 2.26. The molecule has 0 amide bonds. The zero-order valence-corrected chi connectivity index (χ0v) is 10.9. The maximum Gasteiger partial charge on any atom is 0.252 e. The predicted octanol–water partition coefficient (Wildman–Crippen LogP) is 2.47. The van der Waals surface area contributed by atoms with Crippen LogP contribution in [0.5, 0.6) is 0 Å². The van der Waals surface area contributed by atoms with Gasteiger partial charge in [-0.2, -0.15) is 5.26 Å². The van der Waals surface area contributed by atoms with Crippen LogP contribution in [-0.4, -0.2) is 9.55 Å². The van der Waals surface area contributed by atoms with Crippen LogP contribution in [0.25, 0.3) is 22.2 Å². The summed E-state index contributed by atoms with van der Waals surface area (Å²) >= 11 is 0. The fourth-order valence-corrected chi connectivity index (χ4v) is 2.27. The van der Waals surface area contributed by atoms with Crippen LogP contribution in [-0.2, 0) is 7.05 Å². The highest BCUT2D eigenvalue weighted by atomic mass is 16.1. The Morgan fingerprint density at radius 3 is 2.85 bits per heavy atom. The smallest absolute Gasteiger partial charge is 0.252 e. The molecule has 0 atom stereocenters. The molecule has 0 aliphatic heterocycles. The van der Waals surface area contributed by atoms with Gasteiger partial charge in [0, 0.05) is 24.7 Å². The average Bonchev–Trinajstić information content (AvgIpc) is 2.51. The fraction of sp³-hybridized carbons (Fsp3) is 0.0625. The number of pyridine rings is 2. The number of rotatable bonds is 1. The number of benzene rings is 1. The second-order valence-corrected chi connectivity index (χ2v) is 4.52. The van der Waals surface area contributed by atoms with Crippen molar-refractivity contribution in [2.45, 2.75) is 0 Å². The Balaban J connectivity index is 2.40. The first-order valence-electron chi connectivity index (χ1n) is 6.16. The highest BCUT2D eigenvalue weighted by Gasteiger charge is 2.09. The van der Waals surface area contributed by atoms with Crippen molar-refractivity contribution in [1.82, 2.24) is 9.55 Å². The van der Waals surface area contributed by atoms with Crippen LogP contribution in [0.2, 0.25) is 0 Å². The van der Waals surface area contributed by atoms with Gasteiger partial charge in [-0.25, -0.2) is 4.98 Å². The van der Waals surface area contributed by atoms with Gasteiger partial charge < -0.3 is 0 Å². The van der Waals surface area contributed by atoms with Gasteiger partial charge in [0.25, 0.3) is 5.56 Å². The molecule has 0 radical (unpaired) electrons. The number of hydrogen-bond donors (Lipinski definition) is 0. The Kier molecular flexibility index (Phi) is 2.81. The van der Waals surface area contributed by atoms with Crippen molar-refractivity contribution in [2.24, 2.45) is 7.05 Å².